The van der Waals surface area contributed by atoms with Gasteiger partial charge < -0.3 is 20.3 Å². The quantitative estimate of drug-likeness (QED) is 0.412. The first-order valence-electron chi connectivity index (χ1n) is 10.0. The van der Waals surface area contributed by atoms with E-state index in [0.29, 0.717) is 12.8 Å². The van der Waals surface area contributed by atoms with Gasteiger partial charge >= 0.3 is 5.97 Å². The monoisotopic (exact) mass is 422 g/mol. The Morgan fingerprint density at radius 2 is 1.93 bits per heavy atom. The minimum Gasteiger partial charge on any atom is -0.480 e. The summed E-state index contributed by atoms with van der Waals surface area (Å²) < 4.78 is 12.4. The Morgan fingerprint density at radius 3 is 2.55 bits per heavy atom. The van der Waals surface area contributed by atoms with Crippen molar-refractivity contribution in [1.29, 1.82) is 0 Å². The summed E-state index contributed by atoms with van der Waals surface area (Å²) in [7, 11) is -3.43. The average molecular weight is 422 g/mol. The Balaban J connectivity index is 2.16. The summed E-state index contributed by atoms with van der Waals surface area (Å²) in [4.78, 5) is 37.9. The van der Waals surface area contributed by atoms with Crippen LogP contribution in [0.2, 0.25) is 0 Å². The molecule has 29 heavy (non-hydrogen) atoms. The molecule has 2 aromatic rings. The van der Waals surface area contributed by atoms with Crippen LogP contribution in [0, 0.1) is 11.8 Å². The van der Waals surface area contributed by atoms with Crippen molar-refractivity contribution in [2.24, 2.45) is 11.8 Å². The minimum atomic E-state index is -3.43. The van der Waals surface area contributed by atoms with Crippen molar-refractivity contribution in [2.75, 3.05) is 12.3 Å². The predicted octanol–water partition coefficient (Wildman–Crippen LogP) is 3.62. The number of carbonyl (C=O) groups is 2. The van der Waals surface area contributed by atoms with E-state index in [9.17, 15) is 24.2 Å². The molecule has 1 heterocycles. The summed E-state index contributed by atoms with van der Waals surface area (Å²) >= 11 is 0. The smallest absolute Gasteiger partial charge is 0.326 e. The fourth-order valence-electron chi connectivity index (χ4n) is 3.63. The molecule has 1 unspecified atom stereocenters. The van der Waals surface area contributed by atoms with Crippen molar-refractivity contribution < 1.29 is 24.2 Å². The summed E-state index contributed by atoms with van der Waals surface area (Å²) in [6, 6.07) is 6.45. The zero-order valence-electron chi connectivity index (χ0n) is 17.2. The van der Waals surface area contributed by atoms with E-state index in [0.717, 1.165) is 16.5 Å². The van der Waals surface area contributed by atoms with E-state index in [2.05, 4.69) is 10.3 Å². The molecule has 0 aliphatic carbocycles. The summed E-state index contributed by atoms with van der Waals surface area (Å²) in [6.45, 7) is 5.69. The van der Waals surface area contributed by atoms with Gasteiger partial charge in [-0.3, -0.25) is 9.36 Å². The molecule has 0 saturated carbocycles. The molecule has 160 valence electrons. The first-order chi connectivity index (χ1) is 13.6. The molecular weight excluding hydrogens is 391 g/mol. The van der Waals surface area contributed by atoms with Crippen molar-refractivity contribution in [1.82, 2.24) is 10.3 Å². The molecule has 0 bridgehead atoms. The van der Waals surface area contributed by atoms with Crippen molar-refractivity contribution in [2.45, 2.75) is 46.1 Å². The predicted molar refractivity (Wildman–Crippen MR) is 114 cm³/mol. The van der Waals surface area contributed by atoms with E-state index in [1.165, 1.54) is 0 Å². The standard InChI is InChI=1S/C21H31N2O5P/c1-4-9-29(27,28)13-16(10-14(2)3)20(24)23-19(21(25)26)11-15-12-22-18-8-6-5-7-17(15)18/h5-8,12,14,16,19,22H,4,9-11,13H2,1-3H3,(H,23,24)(H,25,26)(H,27,28)/t16-,19+/m1/s1. The number of nitrogens with one attached hydrogen (secondary N) is 2. The van der Waals surface area contributed by atoms with Gasteiger partial charge in [-0.15, -0.1) is 0 Å². The second kappa shape index (κ2) is 10.1. The van der Waals surface area contributed by atoms with E-state index in [1.54, 1.807) is 6.20 Å². The van der Waals surface area contributed by atoms with E-state index in [-0.39, 0.29) is 24.7 Å². The number of H-pyrrole nitrogens is 1. The maximum Gasteiger partial charge on any atom is 0.326 e. The van der Waals surface area contributed by atoms with Gasteiger partial charge in [0.15, 0.2) is 0 Å². The Hall–Kier alpha value is -2.11. The third-order valence-corrected chi connectivity index (χ3v) is 7.08. The Bertz CT molecular complexity index is 892. The molecule has 0 radical (unpaired) electrons. The van der Waals surface area contributed by atoms with Crippen molar-refractivity contribution in [3.63, 3.8) is 0 Å². The normalized spacial score (nSPS) is 15.8. The number of carbonyl (C=O) groups excluding carboxylic acids is 1. The number of fused-ring (bicyclic) bond motifs is 1. The molecule has 0 aliphatic rings. The van der Waals surface area contributed by atoms with Crippen molar-refractivity contribution in [3.05, 3.63) is 36.0 Å². The topological polar surface area (TPSA) is 119 Å². The average Bonchev–Trinajstić information content (AvgIpc) is 3.03. The van der Waals surface area contributed by atoms with Crippen LogP contribution in [-0.2, 0) is 20.6 Å². The van der Waals surface area contributed by atoms with E-state index in [1.807, 2.05) is 45.0 Å². The fourth-order valence-corrected chi connectivity index (χ4v) is 5.51. The van der Waals surface area contributed by atoms with E-state index < -0.39 is 31.2 Å². The number of aromatic amines is 1. The maximum atomic E-state index is 12.9. The van der Waals surface area contributed by atoms with Gasteiger partial charge in [0, 0.05) is 41.8 Å². The van der Waals surface area contributed by atoms with Crippen LogP contribution in [0.15, 0.2) is 30.5 Å². The molecule has 0 aliphatic heterocycles. The molecule has 1 aromatic carbocycles. The second-order valence-corrected chi connectivity index (χ2v) is 10.5. The second-order valence-electron chi connectivity index (χ2n) is 8.04. The van der Waals surface area contributed by atoms with Crippen LogP contribution in [0.25, 0.3) is 10.9 Å². The number of aliphatic carboxylic acids is 1. The number of carboxylic acids is 1. The van der Waals surface area contributed by atoms with Crippen LogP contribution in [0.5, 0.6) is 0 Å². The molecule has 0 saturated heterocycles. The van der Waals surface area contributed by atoms with Gasteiger partial charge in [-0.1, -0.05) is 39.0 Å². The number of hydrogen-bond acceptors (Lipinski definition) is 3. The molecule has 0 fully saturated rings. The molecular formula is C21H31N2O5P. The summed E-state index contributed by atoms with van der Waals surface area (Å²) in [5, 5.41) is 13.2. The van der Waals surface area contributed by atoms with Gasteiger partial charge in [-0.2, -0.15) is 0 Å². The molecule has 8 heteroatoms. The number of rotatable bonds is 11. The Kier molecular flexibility index (Phi) is 8.05. The molecule has 1 aromatic heterocycles. The highest BCUT2D eigenvalue weighted by molar-refractivity contribution is 7.58. The van der Waals surface area contributed by atoms with Crippen LogP contribution in [0.4, 0.5) is 0 Å². The summed E-state index contributed by atoms with van der Waals surface area (Å²) in [5.41, 5.74) is 1.70. The van der Waals surface area contributed by atoms with Crippen LogP contribution in [-0.4, -0.2) is 45.2 Å². The number of hydrogen-bond donors (Lipinski definition) is 4. The largest absolute Gasteiger partial charge is 0.480 e. The molecule has 4 N–H and O–H groups in total. The zero-order valence-corrected chi connectivity index (χ0v) is 18.1. The third kappa shape index (κ3) is 6.72. The van der Waals surface area contributed by atoms with Crippen LogP contribution in [0.3, 0.4) is 0 Å². The van der Waals surface area contributed by atoms with E-state index in [4.69, 9.17) is 0 Å². The van der Waals surface area contributed by atoms with Gasteiger partial charge in [0.25, 0.3) is 0 Å². The molecule has 0 spiro atoms. The fraction of sp³-hybridized carbons (Fsp3) is 0.524. The minimum absolute atomic E-state index is 0.121. The van der Waals surface area contributed by atoms with Crippen molar-refractivity contribution in [3.8, 4) is 0 Å². The molecule has 2 rings (SSSR count). The van der Waals surface area contributed by atoms with Crippen LogP contribution < -0.4 is 5.32 Å². The SMILES string of the molecule is CCCP(=O)(O)C[C@@H](CC(C)C)C(=O)N[C@@H](Cc1c[nH]c2ccccc12)C(=O)O. The van der Waals surface area contributed by atoms with Gasteiger partial charge in [-0.05, 0) is 30.4 Å². The lowest BCUT2D eigenvalue weighted by atomic mass is 9.97. The number of para-hydroxylation sites is 1. The van der Waals surface area contributed by atoms with Gasteiger partial charge in [0.2, 0.25) is 13.3 Å². The lowest BCUT2D eigenvalue weighted by Gasteiger charge is -2.23. The molecule has 1 amide bonds. The Morgan fingerprint density at radius 1 is 1.24 bits per heavy atom. The third-order valence-electron chi connectivity index (χ3n) is 4.92. The van der Waals surface area contributed by atoms with Gasteiger partial charge in [0.1, 0.15) is 6.04 Å². The molecule has 7 nitrogen and oxygen atoms in total. The summed E-state index contributed by atoms with van der Waals surface area (Å²) in [5.74, 6) is -2.16. The number of amides is 1. The first kappa shape index (κ1) is 23.2. The first-order valence-corrected chi connectivity index (χ1v) is 12.0. The lowest BCUT2D eigenvalue weighted by molar-refractivity contribution is -0.142. The van der Waals surface area contributed by atoms with Crippen LogP contribution in [0.1, 0.15) is 39.2 Å². The summed E-state index contributed by atoms with van der Waals surface area (Å²) in [6.07, 6.45) is 2.91. The maximum absolute atomic E-state index is 12.9. The van der Waals surface area contributed by atoms with Gasteiger partial charge in [-0.25, -0.2) is 4.79 Å². The van der Waals surface area contributed by atoms with Gasteiger partial charge in [0.05, 0.1) is 0 Å². The Labute approximate surface area is 171 Å². The number of benzene rings is 1. The highest BCUT2D eigenvalue weighted by Crippen LogP contribution is 2.44. The van der Waals surface area contributed by atoms with Crippen molar-refractivity contribution >= 4 is 30.1 Å². The van der Waals surface area contributed by atoms with E-state index >= 15 is 0 Å². The number of aromatic nitrogens is 1. The highest BCUT2D eigenvalue weighted by Gasteiger charge is 2.31. The molecule has 3 atom stereocenters. The number of carboxylic acid groups (broad SMARTS) is 1. The highest BCUT2D eigenvalue weighted by atomic mass is 31.2. The lowest BCUT2D eigenvalue weighted by Crippen LogP contribution is -2.46. The van der Waals surface area contributed by atoms with Crippen LogP contribution >= 0.6 is 7.37 Å². The zero-order chi connectivity index (χ0) is 21.6.